The molecule has 0 atom stereocenters. The Morgan fingerprint density at radius 3 is 1.33 bits per heavy atom. The van der Waals surface area contributed by atoms with E-state index in [1.165, 1.54) is 75.3 Å². The topological polar surface area (TPSA) is 59.1 Å². The maximum atomic E-state index is 14.4. The molecule has 2 aromatic carbocycles. The summed E-state index contributed by atoms with van der Waals surface area (Å²) >= 11 is 0. The molecule has 0 saturated heterocycles. The van der Waals surface area contributed by atoms with E-state index < -0.39 is 23.8 Å². The van der Waals surface area contributed by atoms with Gasteiger partial charge in [-0.2, -0.15) is 0 Å². The van der Waals surface area contributed by atoms with E-state index in [9.17, 15) is 18.4 Å². The second-order valence-electron chi connectivity index (χ2n) is 7.48. The predicted molar refractivity (Wildman–Crippen MR) is 147 cm³/mol. The Hall–Kier alpha value is -1.76. The van der Waals surface area contributed by atoms with Gasteiger partial charge in [0.2, 0.25) is 0 Å². The fraction of sp³-hybridized carbons (Fsp3) is 0.417. The highest BCUT2D eigenvalue weighted by molar-refractivity contribution is 9.26. The third kappa shape index (κ3) is 8.39. The Bertz CT molecular complexity index is 983. The fourth-order valence-corrected chi connectivity index (χ4v) is 8.88. The average molecular weight is 577 g/mol. The van der Waals surface area contributed by atoms with Crippen molar-refractivity contribution in [1.29, 1.82) is 0 Å². The summed E-state index contributed by atoms with van der Waals surface area (Å²) in [7, 11) is 5.63. The summed E-state index contributed by atoms with van der Waals surface area (Å²) in [5.41, 5.74) is 1.42. The first kappa shape index (κ1) is 30.5. The number of carbonyl (C=O) groups is 2. The Morgan fingerprint density at radius 1 is 0.694 bits per heavy atom. The van der Waals surface area contributed by atoms with Gasteiger partial charge < -0.3 is 19.3 Å². The molecule has 198 valence electrons. The van der Waals surface area contributed by atoms with Crippen LogP contribution in [0.1, 0.15) is 38.8 Å². The molecule has 2 amide bonds. The van der Waals surface area contributed by atoms with Crippen LogP contribution in [0.3, 0.4) is 0 Å². The molecule has 0 radical (unpaired) electrons. The highest BCUT2D eigenvalue weighted by atomic mass is 33.7. The summed E-state index contributed by atoms with van der Waals surface area (Å²) in [4.78, 5) is 28.9. The Kier molecular flexibility index (Phi) is 12.6. The van der Waals surface area contributed by atoms with Crippen molar-refractivity contribution in [1.82, 2.24) is 9.80 Å². The van der Waals surface area contributed by atoms with Crippen LogP contribution in [0, 0.1) is 25.5 Å². The highest BCUT2D eigenvalue weighted by Crippen LogP contribution is 2.51. The average Bonchev–Trinajstić information content (AvgIpc) is 2.83. The van der Waals surface area contributed by atoms with Gasteiger partial charge in [-0.05, 0) is 118 Å². The monoisotopic (exact) mass is 576 g/mol. The molecule has 0 bridgehead atoms. The molecule has 0 heterocycles. The zero-order valence-corrected chi connectivity index (χ0v) is 24.3. The van der Waals surface area contributed by atoms with E-state index in [-0.39, 0.29) is 11.5 Å². The predicted octanol–water partition coefficient (Wildman–Crippen LogP) is 8.36. The van der Waals surface area contributed by atoms with Crippen LogP contribution in [-0.2, 0) is 0 Å². The molecule has 0 aliphatic heterocycles. The third-order valence-corrected chi connectivity index (χ3v) is 11.5. The number of ether oxygens (including phenoxy) is 2. The lowest BCUT2D eigenvalue weighted by molar-refractivity contribution is 0.154. The minimum absolute atomic E-state index is 0.118. The molecule has 36 heavy (non-hydrogen) atoms. The first-order valence-electron chi connectivity index (χ1n) is 11.4. The minimum atomic E-state index is -0.599. The molecule has 0 aromatic heterocycles. The normalized spacial score (nSPS) is 10.8. The molecule has 12 heteroatoms. The van der Waals surface area contributed by atoms with Gasteiger partial charge in [-0.15, -0.1) is 0 Å². The van der Waals surface area contributed by atoms with Gasteiger partial charge in [0.25, 0.3) is 0 Å². The van der Waals surface area contributed by atoms with Gasteiger partial charge in [-0.25, -0.2) is 18.4 Å². The van der Waals surface area contributed by atoms with Gasteiger partial charge in [0, 0.05) is 36.0 Å². The Morgan fingerprint density at radius 2 is 1.03 bits per heavy atom. The number of benzene rings is 2. The van der Waals surface area contributed by atoms with Crippen molar-refractivity contribution in [2.45, 2.75) is 51.3 Å². The molecule has 0 spiro atoms. The Labute approximate surface area is 226 Å². The number of rotatable bonds is 11. The second-order valence-corrected chi connectivity index (χ2v) is 13.2. The second kappa shape index (κ2) is 14.8. The third-order valence-electron chi connectivity index (χ3n) is 5.17. The number of halogens is 2. The van der Waals surface area contributed by atoms with E-state index in [0.29, 0.717) is 37.3 Å². The van der Waals surface area contributed by atoms with E-state index in [4.69, 9.17) is 9.47 Å². The van der Waals surface area contributed by atoms with Crippen molar-refractivity contribution in [2.24, 2.45) is 0 Å². The summed E-state index contributed by atoms with van der Waals surface area (Å²) in [6.45, 7) is 12.7. The summed E-state index contributed by atoms with van der Waals surface area (Å²) in [6.07, 6.45) is -1.19. The van der Waals surface area contributed by atoms with Crippen LogP contribution in [0.4, 0.5) is 18.4 Å². The van der Waals surface area contributed by atoms with Gasteiger partial charge in [-0.1, -0.05) is 0 Å². The number of hydrogen-bond donors (Lipinski definition) is 0. The van der Waals surface area contributed by atoms with Crippen LogP contribution >= 0.6 is 41.2 Å². The van der Waals surface area contributed by atoms with Crippen LogP contribution in [0.15, 0.2) is 34.1 Å². The van der Waals surface area contributed by atoms with Crippen molar-refractivity contribution in [3.05, 3.63) is 47.0 Å². The van der Waals surface area contributed by atoms with Gasteiger partial charge in [0.05, 0.1) is 0 Å². The molecule has 2 aromatic rings. The summed E-state index contributed by atoms with van der Waals surface area (Å²) in [5, 5.41) is 0. The molecule has 0 unspecified atom stereocenters. The molecular formula is C24H30F2N2O4S4. The summed E-state index contributed by atoms with van der Waals surface area (Å²) in [6, 6.07) is 5.71. The van der Waals surface area contributed by atoms with Crippen LogP contribution in [-0.4, -0.2) is 48.2 Å². The van der Waals surface area contributed by atoms with Crippen LogP contribution in [0.5, 0.6) is 11.5 Å². The van der Waals surface area contributed by atoms with E-state index in [1.807, 2.05) is 27.7 Å². The van der Waals surface area contributed by atoms with Crippen molar-refractivity contribution >= 4 is 53.4 Å². The van der Waals surface area contributed by atoms with Crippen molar-refractivity contribution in [3.8, 4) is 11.5 Å². The number of carbonyl (C=O) groups excluding carboxylic acids is 2. The SMILES string of the molecule is CCN(CC)C(=O)Oc1cc(SSSSc2cc(OC(=O)N(CC)CC)c(F)cc2C)c(C)cc1F. The van der Waals surface area contributed by atoms with Gasteiger partial charge in [0.1, 0.15) is 0 Å². The molecule has 0 N–H and O–H groups in total. The standard InChI is InChI=1S/C24H30F2N2O4S4/c1-7-27(8-2)23(29)31-19-13-21(15(5)11-17(19)25)33-35-36-34-22-14-20(18(26)12-16(22)6)32-24(30)28(9-3)10-4/h11-14H,7-10H2,1-6H3. The van der Waals surface area contributed by atoms with Crippen LogP contribution < -0.4 is 9.47 Å². The van der Waals surface area contributed by atoms with Crippen LogP contribution in [0.25, 0.3) is 0 Å². The minimum Gasteiger partial charge on any atom is -0.407 e. The lowest BCUT2D eigenvalue weighted by atomic mass is 10.2. The van der Waals surface area contributed by atoms with E-state index >= 15 is 0 Å². The zero-order chi connectivity index (χ0) is 26.8. The first-order valence-corrected chi connectivity index (χ1v) is 16.2. The smallest absolute Gasteiger partial charge is 0.407 e. The molecule has 0 aliphatic rings. The summed E-state index contributed by atoms with van der Waals surface area (Å²) < 4.78 is 39.3. The number of aryl methyl sites for hydroxylation is 2. The number of hydrogen-bond acceptors (Lipinski definition) is 8. The van der Waals surface area contributed by atoms with Crippen LogP contribution in [0.2, 0.25) is 0 Å². The quantitative estimate of drug-likeness (QED) is 0.195. The van der Waals surface area contributed by atoms with E-state index in [1.54, 1.807) is 13.8 Å². The molecule has 6 nitrogen and oxygen atoms in total. The van der Waals surface area contributed by atoms with Crippen molar-refractivity contribution < 1.29 is 27.8 Å². The lowest BCUT2D eigenvalue weighted by Gasteiger charge is -2.18. The van der Waals surface area contributed by atoms with E-state index in [0.717, 1.165) is 9.79 Å². The van der Waals surface area contributed by atoms with Crippen molar-refractivity contribution in [2.75, 3.05) is 26.2 Å². The number of amides is 2. The molecule has 0 fully saturated rings. The maximum absolute atomic E-state index is 14.4. The van der Waals surface area contributed by atoms with Gasteiger partial charge in [0.15, 0.2) is 23.1 Å². The van der Waals surface area contributed by atoms with Gasteiger partial charge >= 0.3 is 12.2 Å². The molecule has 2 rings (SSSR count). The Balaban J connectivity index is 2.03. The number of nitrogens with zero attached hydrogens (tertiary/aromatic N) is 2. The van der Waals surface area contributed by atoms with E-state index in [2.05, 4.69) is 0 Å². The largest absolute Gasteiger partial charge is 0.415 e. The lowest BCUT2D eigenvalue weighted by Crippen LogP contribution is -2.33. The van der Waals surface area contributed by atoms with Gasteiger partial charge in [-0.3, -0.25) is 0 Å². The van der Waals surface area contributed by atoms with Crippen molar-refractivity contribution in [3.63, 3.8) is 0 Å². The zero-order valence-electron chi connectivity index (χ0n) is 21.1. The molecular weight excluding hydrogens is 547 g/mol. The summed E-state index contributed by atoms with van der Waals surface area (Å²) in [5.74, 6) is -1.43. The fourth-order valence-electron chi connectivity index (χ4n) is 2.99. The first-order chi connectivity index (χ1) is 17.1. The molecule has 0 saturated carbocycles. The highest BCUT2D eigenvalue weighted by Gasteiger charge is 2.19. The maximum Gasteiger partial charge on any atom is 0.415 e. The molecule has 0 aliphatic carbocycles.